The van der Waals surface area contributed by atoms with Crippen molar-refractivity contribution in [2.75, 3.05) is 18.4 Å². The maximum Gasteiger partial charge on any atom is 0.256 e. The lowest BCUT2D eigenvalue weighted by atomic mass is 10.00. The number of phenolic OH excluding ortho intramolecular Hbond substituents is 1. The van der Waals surface area contributed by atoms with Crippen molar-refractivity contribution in [3.8, 4) is 5.75 Å². The molecule has 0 bridgehead atoms. The number of nitrogens with one attached hydrogen (secondary N) is 3. The summed E-state index contributed by atoms with van der Waals surface area (Å²) in [6, 6.07) is 7.11. The van der Waals surface area contributed by atoms with Crippen molar-refractivity contribution in [3.05, 3.63) is 45.8 Å². The van der Waals surface area contributed by atoms with E-state index >= 15 is 0 Å². The average molecular weight is 330 g/mol. The quantitative estimate of drug-likeness (QED) is 0.670. The lowest BCUT2D eigenvalue weighted by Gasteiger charge is -2.27. The highest BCUT2D eigenvalue weighted by atomic mass is 32.1. The summed E-state index contributed by atoms with van der Waals surface area (Å²) in [7, 11) is 0. The number of likely N-dealkylation sites (N-methyl/N-ethyl adjacent to an activating group) is 1. The highest BCUT2D eigenvalue weighted by Gasteiger charge is 2.34. The maximum absolute atomic E-state index is 12.6. The van der Waals surface area contributed by atoms with Crippen LogP contribution in [-0.2, 0) is 13.0 Å². The molecular weight excluding hydrogens is 310 g/mol. The van der Waals surface area contributed by atoms with Crippen LogP contribution in [0.5, 0.6) is 5.75 Å². The van der Waals surface area contributed by atoms with Gasteiger partial charge >= 0.3 is 0 Å². The topological polar surface area (TPSA) is 65.8 Å². The van der Waals surface area contributed by atoms with E-state index in [0.717, 1.165) is 36.6 Å². The first-order valence-electron chi connectivity index (χ1n) is 8.00. The van der Waals surface area contributed by atoms with Gasteiger partial charge in [0, 0.05) is 12.0 Å². The Labute approximate surface area is 138 Å². The predicted octanol–water partition coefficient (Wildman–Crippen LogP) is 1.27. The van der Waals surface area contributed by atoms with E-state index in [1.54, 1.807) is 28.4 Å². The summed E-state index contributed by atoms with van der Waals surface area (Å²) in [6.45, 7) is 5.40. The molecule has 1 unspecified atom stereocenters. The molecule has 5 nitrogen and oxygen atoms in total. The minimum absolute atomic E-state index is 0.0375. The minimum Gasteiger partial charge on any atom is -0.508 e. The van der Waals surface area contributed by atoms with Gasteiger partial charge in [-0.1, -0.05) is 18.2 Å². The SMILES string of the molecule is CC[NH+]1CCc2c(sc3c2C(=O)N[C@H](c2ccccc2O)N3)C1. The second-order valence-corrected chi connectivity index (χ2v) is 7.20. The summed E-state index contributed by atoms with van der Waals surface area (Å²) >= 11 is 1.69. The van der Waals surface area contributed by atoms with Crippen LogP contribution >= 0.6 is 11.3 Å². The van der Waals surface area contributed by atoms with E-state index in [9.17, 15) is 9.90 Å². The molecule has 0 saturated heterocycles. The van der Waals surface area contributed by atoms with Gasteiger partial charge in [-0.05, 0) is 18.6 Å². The van der Waals surface area contributed by atoms with Crippen molar-refractivity contribution in [2.45, 2.75) is 26.1 Å². The average Bonchev–Trinajstić information content (AvgIpc) is 2.92. The van der Waals surface area contributed by atoms with Crippen molar-refractivity contribution < 1.29 is 14.8 Å². The fourth-order valence-electron chi connectivity index (χ4n) is 3.44. The number of benzene rings is 1. The molecule has 120 valence electrons. The van der Waals surface area contributed by atoms with Crippen LogP contribution in [0.15, 0.2) is 24.3 Å². The zero-order chi connectivity index (χ0) is 16.0. The van der Waals surface area contributed by atoms with E-state index in [1.165, 1.54) is 10.4 Å². The number of thiophene rings is 1. The van der Waals surface area contributed by atoms with Crippen LogP contribution in [0, 0.1) is 0 Å². The van der Waals surface area contributed by atoms with E-state index < -0.39 is 0 Å². The van der Waals surface area contributed by atoms with Crippen LogP contribution in [0.2, 0.25) is 0 Å². The molecule has 2 aliphatic heterocycles. The number of anilines is 1. The maximum atomic E-state index is 12.6. The van der Waals surface area contributed by atoms with Gasteiger partial charge in [-0.2, -0.15) is 0 Å². The monoisotopic (exact) mass is 330 g/mol. The van der Waals surface area contributed by atoms with Crippen molar-refractivity contribution in [1.82, 2.24) is 5.32 Å². The summed E-state index contributed by atoms with van der Waals surface area (Å²) in [6.07, 6.45) is 0.576. The van der Waals surface area contributed by atoms with Crippen LogP contribution < -0.4 is 15.5 Å². The van der Waals surface area contributed by atoms with Crippen molar-refractivity contribution in [3.63, 3.8) is 0 Å². The van der Waals surface area contributed by atoms with Gasteiger partial charge in [-0.3, -0.25) is 4.79 Å². The van der Waals surface area contributed by atoms with Gasteiger partial charge in [0.05, 0.1) is 23.5 Å². The van der Waals surface area contributed by atoms with Crippen LogP contribution in [-0.4, -0.2) is 24.1 Å². The standard InChI is InChI=1S/C17H19N3O2S/c1-2-20-8-7-11-13(9-20)23-17-14(11)16(22)18-15(19-17)10-5-3-4-6-12(10)21/h3-6,15,19,21H,2,7-9H2,1H3,(H,18,22)/p+1/t15-/m0/s1. The van der Waals surface area contributed by atoms with Crippen molar-refractivity contribution >= 4 is 22.2 Å². The number of rotatable bonds is 2. The molecular formula is C17H20N3O2S+. The Bertz CT molecular complexity index is 771. The number of phenols is 1. The molecule has 0 fully saturated rings. The molecule has 2 aliphatic rings. The summed E-state index contributed by atoms with van der Waals surface area (Å²) in [5, 5.41) is 17.3. The summed E-state index contributed by atoms with van der Waals surface area (Å²) < 4.78 is 0. The Morgan fingerprint density at radius 1 is 1.35 bits per heavy atom. The van der Waals surface area contributed by atoms with Crippen LogP contribution in [0.4, 0.5) is 5.00 Å². The van der Waals surface area contributed by atoms with E-state index in [4.69, 9.17) is 0 Å². The molecule has 2 atom stereocenters. The van der Waals surface area contributed by atoms with Crippen molar-refractivity contribution in [1.29, 1.82) is 0 Å². The van der Waals surface area contributed by atoms with Gasteiger partial charge in [0.25, 0.3) is 5.91 Å². The number of hydrogen-bond acceptors (Lipinski definition) is 4. The molecule has 23 heavy (non-hydrogen) atoms. The van der Waals surface area contributed by atoms with E-state index in [-0.39, 0.29) is 17.8 Å². The Morgan fingerprint density at radius 3 is 2.96 bits per heavy atom. The smallest absolute Gasteiger partial charge is 0.256 e. The number of hydrogen-bond donors (Lipinski definition) is 4. The molecule has 1 aromatic heterocycles. The van der Waals surface area contributed by atoms with Gasteiger partial charge in [0.1, 0.15) is 23.5 Å². The van der Waals surface area contributed by atoms with Crippen molar-refractivity contribution in [2.24, 2.45) is 0 Å². The second kappa shape index (κ2) is 5.54. The molecule has 2 aromatic rings. The zero-order valence-electron chi connectivity index (χ0n) is 13.0. The summed E-state index contributed by atoms with van der Waals surface area (Å²) in [5.74, 6) is 0.154. The molecule has 3 heterocycles. The first-order valence-corrected chi connectivity index (χ1v) is 8.82. The van der Waals surface area contributed by atoms with Crippen LogP contribution in [0.3, 0.4) is 0 Å². The highest BCUT2D eigenvalue weighted by Crippen LogP contribution is 2.39. The number of amides is 1. The van der Waals surface area contributed by atoms with Gasteiger partial charge in [-0.25, -0.2) is 0 Å². The Kier molecular flexibility index (Phi) is 3.50. The van der Waals surface area contributed by atoms with Gasteiger partial charge in [0.2, 0.25) is 0 Å². The first-order chi connectivity index (χ1) is 11.2. The predicted molar refractivity (Wildman–Crippen MR) is 90.0 cm³/mol. The third-order valence-corrected chi connectivity index (χ3v) is 5.92. The van der Waals surface area contributed by atoms with E-state index in [2.05, 4.69) is 17.6 Å². The van der Waals surface area contributed by atoms with Crippen LogP contribution in [0.1, 0.15) is 39.5 Å². The third-order valence-electron chi connectivity index (χ3n) is 4.76. The van der Waals surface area contributed by atoms with E-state index in [1.807, 2.05) is 12.1 Å². The molecule has 4 rings (SSSR count). The molecule has 0 aliphatic carbocycles. The number of fused-ring (bicyclic) bond motifs is 3. The summed E-state index contributed by atoms with van der Waals surface area (Å²) in [5.41, 5.74) is 2.72. The minimum atomic E-state index is -0.383. The number of quaternary nitrogens is 1. The van der Waals surface area contributed by atoms with Gasteiger partial charge in [-0.15, -0.1) is 11.3 Å². The molecule has 0 saturated carbocycles. The first kappa shape index (κ1) is 14.5. The Morgan fingerprint density at radius 2 is 2.17 bits per heavy atom. The molecule has 6 heteroatoms. The Balaban J connectivity index is 1.69. The highest BCUT2D eigenvalue weighted by molar-refractivity contribution is 7.16. The number of carbonyl (C=O) groups is 1. The third kappa shape index (κ3) is 2.38. The Hall–Kier alpha value is -2.05. The lowest BCUT2D eigenvalue weighted by molar-refractivity contribution is -0.913. The molecule has 0 radical (unpaired) electrons. The largest absolute Gasteiger partial charge is 0.508 e. The van der Waals surface area contributed by atoms with E-state index in [0.29, 0.717) is 5.56 Å². The lowest BCUT2D eigenvalue weighted by Crippen LogP contribution is -3.11. The molecule has 0 spiro atoms. The zero-order valence-corrected chi connectivity index (χ0v) is 13.8. The van der Waals surface area contributed by atoms with Gasteiger partial charge < -0.3 is 20.6 Å². The van der Waals surface area contributed by atoms with Crippen LogP contribution in [0.25, 0.3) is 0 Å². The fraction of sp³-hybridized carbons (Fsp3) is 0.353. The number of aromatic hydroxyl groups is 1. The number of carbonyl (C=O) groups excluding carboxylic acids is 1. The second-order valence-electron chi connectivity index (χ2n) is 6.10. The van der Waals surface area contributed by atoms with Gasteiger partial charge in [0.15, 0.2) is 0 Å². The fourth-order valence-corrected chi connectivity index (χ4v) is 4.78. The molecule has 1 amide bonds. The number of para-hydroxylation sites is 1. The normalized spacial score (nSPS) is 22.7. The molecule has 1 aromatic carbocycles. The molecule has 4 N–H and O–H groups in total. The summed E-state index contributed by atoms with van der Waals surface area (Å²) in [4.78, 5) is 15.5.